The minimum Gasteiger partial charge on any atom is -0.462 e. The van der Waals surface area contributed by atoms with E-state index in [1.165, 1.54) is 11.8 Å². The second-order valence-electron chi connectivity index (χ2n) is 3.59. The van der Waals surface area contributed by atoms with Gasteiger partial charge in [-0.25, -0.2) is 4.79 Å². The van der Waals surface area contributed by atoms with E-state index in [1.54, 1.807) is 32.0 Å². The predicted molar refractivity (Wildman–Crippen MR) is 76.9 cm³/mol. The summed E-state index contributed by atoms with van der Waals surface area (Å²) in [7, 11) is 0. The summed E-state index contributed by atoms with van der Waals surface area (Å²) < 4.78 is 4.99. The highest BCUT2D eigenvalue weighted by Gasteiger charge is 2.21. The van der Waals surface area contributed by atoms with Crippen molar-refractivity contribution in [2.24, 2.45) is 0 Å². The molecule has 0 bridgehead atoms. The molecule has 0 aliphatic heterocycles. The molecule has 0 spiro atoms. The SMILES string of the molecule is CCOC(=O)c1cccc(C(=O)C(C)Br)c1SC. The molecular formula is C13H15BrO3S. The van der Waals surface area contributed by atoms with E-state index in [4.69, 9.17) is 4.74 Å². The van der Waals surface area contributed by atoms with Crippen molar-refractivity contribution in [1.29, 1.82) is 0 Å². The summed E-state index contributed by atoms with van der Waals surface area (Å²) in [6, 6.07) is 5.11. The molecule has 0 aliphatic carbocycles. The number of hydrogen-bond donors (Lipinski definition) is 0. The lowest BCUT2D eigenvalue weighted by Crippen LogP contribution is -2.14. The van der Waals surface area contributed by atoms with Gasteiger partial charge in [-0.2, -0.15) is 0 Å². The maximum atomic E-state index is 12.0. The third kappa shape index (κ3) is 3.36. The van der Waals surface area contributed by atoms with Crippen molar-refractivity contribution in [1.82, 2.24) is 0 Å². The van der Waals surface area contributed by atoms with Crippen LogP contribution in [0.4, 0.5) is 0 Å². The Morgan fingerprint density at radius 2 is 2.00 bits per heavy atom. The van der Waals surface area contributed by atoms with Crippen LogP contribution in [-0.4, -0.2) is 29.4 Å². The van der Waals surface area contributed by atoms with Crippen molar-refractivity contribution in [2.75, 3.05) is 12.9 Å². The molecule has 98 valence electrons. The highest BCUT2D eigenvalue weighted by atomic mass is 79.9. The second-order valence-corrected chi connectivity index (χ2v) is 5.78. The first-order valence-corrected chi connectivity index (χ1v) is 7.69. The third-order valence-corrected chi connectivity index (χ3v) is 3.61. The Morgan fingerprint density at radius 1 is 1.39 bits per heavy atom. The first kappa shape index (κ1) is 15.2. The summed E-state index contributed by atoms with van der Waals surface area (Å²) in [5.74, 6) is -0.427. The number of carbonyl (C=O) groups is 2. The van der Waals surface area contributed by atoms with E-state index in [9.17, 15) is 9.59 Å². The van der Waals surface area contributed by atoms with Crippen molar-refractivity contribution in [2.45, 2.75) is 23.6 Å². The van der Waals surface area contributed by atoms with Gasteiger partial charge in [-0.3, -0.25) is 4.79 Å². The molecule has 1 aromatic rings. The monoisotopic (exact) mass is 330 g/mol. The van der Waals surface area contributed by atoms with E-state index in [-0.39, 0.29) is 10.6 Å². The summed E-state index contributed by atoms with van der Waals surface area (Å²) in [4.78, 5) is 24.3. The Balaban J connectivity index is 3.26. The van der Waals surface area contributed by atoms with E-state index in [0.717, 1.165) is 0 Å². The van der Waals surface area contributed by atoms with Crippen LogP contribution in [0.1, 0.15) is 34.6 Å². The van der Waals surface area contributed by atoms with Crippen LogP contribution in [-0.2, 0) is 4.74 Å². The van der Waals surface area contributed by atoms with Gasteiger partial charge in [0.25, 0.3) is 0 Å². The molecule has 0 saturated carbocycles. The van der Waals surface area contributed by atoms with E-state index in [2.05, 4.69) is 15.9 Å². The molecule has 0 saturated heterocycles. The number of hydrogen-bond acceptors (Lipinski definition) is 4. The zero-order chi connectivity index (χ0) is 13.7. The fourth-order valence-electron chi connectivity index (χ4n) is 1.53. The van der Waals surface area contributed by atoms with Crippen LogP contribution >= 0.6 is 27.7 Å². The van der Waals surface area contributed by atoms with Crippen LogP contribution in [0, 0.1) is 0 Å². The van der Waals surface area contributed by atoms with Gasteiger partial charge in [-0.05, 0) is 26.2 Å². The van der Waals surface area contributed by atoms with Gasteiger partial charge in [0.15, 0.2) is 5.78 Å². The third-order valence-electron chi connectivity index (χ3n) is 2.34. The molecule has 0 aromatic heterocycles. The lowest BCUT2D eigenvalue weighted by molar-refractivity contribution is 0.0522. The maximum absolute atomic E-state index is 12.0. The number of esters is 1. The summed E-state index contributed by atoms with van der Waals surface area (Å²) in [6.45, 7) is 3.84. The number of ketones is 1. The average Bonchev–Trinajstić information content (AvgIpc) is 2.36. The van der Waals surface area contributed by atoms with E-state index in [0.29, 0.717) is 22.6 Å². The molecule has 0 N–H and O–H groups in total. The zero-order valence-corrected chi connectivity index (χ0v) is 12.9. The average molecular weight is 331 g/mol. The van der Waals surface area contributed by atoms with Gasteiger partial charge in [0.05, 0.1) is 17.0 Å². The zero-order valence-electron chi connectivity index (χ0n) is 10.5. The molecule has 1 aromatic carbocycles. The smallest absolute Gasteiger partial charge is 0.339 e. The largest absolute Gasteiger partial charge is 0.462 e. The van der Waals surface area contributed by atoms with Gasteiger partial charge in [-0.1, -0.05) is 28.1 Å². The maximum Gasteiger partial charge on any atom is 0.339 e. The number of thioether (sulfide) groups is 1. The Kier molecular flexibility index (Phi) is 5.88. The minimum absolute atomic E-state index is 0.0366. The fraction of sp³-hybridized carbons (Fsp3) is 0.385. The van der Waals surface area contributed by atoms with Gasteiger partial charge < -0.3 is 4.74 Å². The van der Waals surface area contributed by atoms with Gasteiger partial charge >= 0.3 is 5.97 Å². The predicted octanol–water partition coefficient (Wildman–Crippen LogP) is 3.55. The molecule has 18 heavy (non-hydrogen) atoms. The van der Waals surface area contributed by atoms with Crippen molar-refractivity contribution in [3.05, 3.63) is 29.3 Å². The summed E-state index contributed by atoms with van der Waals surface area (Å²) in [5.41, 5.74) is 1.00. The summed E-state index contributed by atoms with van der Waals surface area (Å²) in [6.07, 6.45) is 1.84. The van der Waals surface area contributed by atoms with Crippen LogP contribution in [0.3, 0.4) is 0 Å². The van der Waals surface area contributed by atoms with Crippen molar-refractivity contribution < 1.29 is 14.3 Å². The van der Waals surface area contributed by atoms with E-state index < -0.39 is 5.97 Å². The second kappa shape index (κ2) is 6.95. The van der Waals surface area contributed by atoms with E-state index in [1.807, 2.05) is 6.26 Å². The quantitative estimate of drug-likeness (QED) is 0.358. The number of halogens is 1. The van der Waals surface area contributed by atoms with Crippen molar-refractivity contribution >= 4 is 39.4 Å². The highest BCUT2D eigenvalue weighted by molar-refractivity contribution is 9.10. The number of ether oxygens (including phenoxy) is 1. The molecular weight excluding hydrogens is 316 g/mol. The van der Waals surface area contributed by atoms with Crippen molar-refractivity contribution in [3.8, 4) is 0 Å². The fourth-order valence-corrected chi connectivity index (χ4v) is 2.54. The molecule has 0 aliphatic rings. The summed E-state index contributed by atoms with van der Waals surface area (Å²) in [5, 5.41) is 0. The standard InChI is InChI=1S/C13H15BrO3S/c1-4-17-13(16)10-7-5-6-9(12(10)18-3)11(15)8(2)14/h5-8H,4H2,1-3H3. The first-order chi connectivity index (χ1) is 8.52. The van der Waals surface area contributed by atoms with Crippen LogP contribution in [0.15, 0.2) is 23.1 Å². The Hall–Kier alpha value is -0.810. The summed E-state index contributed by atoms with van der Waals surface area (Å²) >= 11 is 4.64. The number of alkyl halides is 1. The van der Waals surface area contributed by atoms with Gasteiger partial charge in [0, 0.05) is 10.5 Å². The lowest BCUT2D eigenvalue weighted by atomic mass is 10.1. The molecule has 1 rings (SSSR count). The molecule has 0 radical (unpaired) electrons. The Labute approximate surface area is 119 Å². The molecule has 1 atom stereocenters. The van der Waals surface area contributed by atoms with Crippen LogP contribution in [0.2, 0.25) is 0 Å². The molecule has 1 unspecified atom stereocenters. The molecule has 3 nitrogen and oxygen atoms in total. The molecule has 0 heterocycles. The molecule has 0 amide bonds. The van der Waals surface area contributed by atoms with Gasteiger partial charge in [-0.15, -0.1) is 11.8 Å². The highest BCUT2D eigenvalue weighted by Crippen LogP contribution is 2.27. The first-order valence-electron chi connectivity index (χ1n) is 5.55. The normalized spacial score (nSPS) is 12.0. The minimum atomic E-state index is -0.390. The van der Waals surface area contributed by atoms with Gasteiger partial charge in [0.1, 0.15) is 0 Å². The topological polar surface area (TPSA) is 43.4 Å². The Morgan fingerprint density at radius 3 is 2.50 bits per heavy atom. The number of Topliss-reactive ketones (excluding diaryl/α,β-unsaturated/α-hetero) is 1. The van der Waals surface area contributed by atoms with E-state index >= 15 is 0 Å². The van der Waals surface area contributed by atoms with Crippen LogP contribution in [0.5, 0.6) is 0 Å². The molecule has 5 heteroatoms. The lowest BCUT2D eigenvalue weighted by Gasteiger charge is -2.12. The van der Waals surface area contributed by atoms with Crippen molar-refractivity contribution in [3.63, 3.8) is 0 Å². The number of carbonyl (C=O) groups excluding carboxylic acids is 2. The Bertz CT molecular complexity index is 458. The molecule has 0 fully saturated rings. The van der Waals surface area contributed by atoms with Crippen LogP contribution < -0.4 is 0 Å². The van der Waals surface area contributed by atoms with Gasteiger partial charge in [0.2, 0.25) is 0 Å². The number of rotatable bonds is 5. The van der Waals surface area contributed by atoms with Crippen LogP contribution in [0.25, 0.3) is 0 Å². The number of benzene rings is 1.